The Morgan fingerprint density at radius 3 is 2.85 bits per heavy atom. The number of hydrogen-bond donors (Lipinski definition) is 1. The Bertz CT molecular complexity index is 281. The molecule has 0 amide bonds. The standard InChI is InChI=1S/C12H16S/c1-4-6-11-9(2)7-5-8-12(11)10(3)13/h4-9,11,13H,3H2,1-2H3/b6-4-. The fourth-order valence-electron chi connectivity index (χ4n) is 1.62. The van der Waals surface area contributed by atoms with Gasteiger partial charge in [-0.25, -0.2) is 0 Å². The Kier molecular flexibility index (Phi) is 3.61. The highest BCUT2D eigenvalue weighted by molar-refractivity contribution is 7.84. The number of rotatable bonds is 2. The van der Waals surface area contributed by atoms with Crippen molar-refractivity contribution in [3.8, 4) is 0 Å². The van der Waals surface area contributed by atoms with Gasteiger partial charge in [0, 0.05) is 10.8 Å². The number of allylic oxidation sites excluding steroid dienone is 6. The second kappa shape index (κ2) is 4.52. The predicted octanol–water partition coefficient (Wildman–Crippen LogP) is 3.75. The van der Waals surface area contributed by atoms with Gasteiger partial charge in [0.1, 0.15) is 0 Å². The fraction of sp³-hybridized carbons (Fsp3) is 0.333. The summed E-state index contributed by atoms with van der Waals surface area (Å²) in [5, 5.41) is 0. The maximum atomic E-state index is 4.30. The summed E-state index contributed by atoms with van der Waals surface area (Å²) in [5.74, 6) is 0.986. The summed E-state index contributed by atoms with van der Waals surface area (Å²) in [6.07, 6.45) is 10.7. The molecule has 0 N–H and O–H groups in total. The molecule has 0 fully saturated rings. The van der Waals surface area contributed by atoms with Crippen LogP contribution in [0.25, 0.3) is 0 Å². The van der Waals surface area contributed by atoms with Crippen molar-refractivity contribution in [1.82, 2.24) is 0 Å². The molecule has 0 aromatic rings. The highest BCUT2D eigenvalue weighted by Gasteiger charge is 2.19. The Morgan fingerprint density at radius 2 is 2.31 bits per heavy atom. The van der Waals surface area contributed by atoms with E-state index in [1.54, 1.807) is 0 Å². The summed E-state index contributed by atoms with van der Waals surface area (Å²) in [7, 11) is 0. The maximum Gasteiger partial charge on any atom is 0.00889 e. The molecule has 13 heavy (non-hydrogen) atoms. The summed E-state index contributed by atoms with van der Waals surface area (Å²) in [6.45, 7) is 8.13. The molecule has 0 nitrogen and oxygen atoms in total. The molecule has 0 spiro atoms. The normalized spacial score (nSPS) is 27.8. The van der Waals surface area contributed by atoms with Crippen LogP contribution in [0.15, 0.2) is 47.4 Å². The molecule has 1 aliphatic carbocycles. The molecule has 1 aliphatic rings. The number of hydrogen-bond acceptors (Lipinski definition) is 1. The van der Waals surface area contributed by atoms with E-state index in [2.05, 4.69) is 56.5 Å². The molecule has 0 saturated heterocycles. The van der Waals surface area contributed by atoms with Gasteiger partial charge in [-0.15, -0.1) is 12.6 Å². The predicted molar refractivity (Wildman–Crippen MR) is 62.8 cm³/mol. The summed E-state index contributed by atoms with van der Waals surface area (Å²) in [5.41, 5.74) is 1.23. The van der Waals surface area contributed by atoms with Crippen LogP contribution in [0.1, 0.15) is 13.8 Å². The average molecular weight is 192 g/mol. The van der Waals surface area contributed by atoms with Gasteiger partial charge in [0.2, 0.25) is 0 Å². The quantitative estimate of drug-likeness (QED) is 0.500. The van der Waals surface area contributed by atoms with Gasteiger partial charge < -0.3 is 0 Å². The van der Waals surface area contributed by atoms with Crippen LogP contribution in [0.2, 0.25) is 0 Å². The van der Waals surface area contributed by atoms with Crippen LogP contribution in [0, 0.1) is 11.8 Å². The van der Waals surface area contributed by atoms with Crippen molar-refractivity contribution < 1.29 is 0 Å². The first-order chi connectivity index (χ1) is 6.16. The minimum atomic E-state index is 0.444. The molecular formula is C12H16S. The topological polar surface area (TPSA) is 0 Å². The first-order valence-corrected chi connectivity index (χ1v) is 5.01. The lowest BCUT2D eigenvalue weighted by molar-refractivity contribution is 0.584. The van der Waals surface area contributed by atoms with Gasteiger partial charge in [-0.3, -0.25) is 0 Å². The van der Waals surface area contributed by atoms with E-state index in [9.17, 15) is 0 Å². The van der Waals surface area contributed by atoms with Crippen LogP contribution in [0.3, 0.4) is 0 Å². The van der Waals surface area contributed by atoms with Crippen LogP contribution in [0.4, 0.5) is 0 Å². The molecule has 2 unspecified atom stereocenters. The summed E-state index contributed by atoms with van der Waals surface area (Å²) in [6, 6.07) is 0. The van der Waals surface area contributed by atoms with Crippen LogP contribution in [-0.2, 0) is 0 Å². The molecule has 2 atom stereocenters. The third kappa shape index (κ3) is 2.38. The molecule has 0 radical (unpaired) electrons. The Balaban J connectivity index is 2.95. The van der Waals surface area contributed by atoms with Gasteiger partial charge in [-0.2, -0.15) is 0 Å². The van der Waals surface area contributed by atoms with Gasteiger partial charge in [0.05, 0.1) is 0 Å². The zero-order valence-corrected chi connectivity index (χ0v) is 9.09. The van der Waals surface area contributed by atoms with E-state index in [0.29, 0.717) is 11.8 Å². The lowest BCUT2D eigenvalue weighted by atomic mass is 9.83. The zero-order chi connectivity index (χ0) is 9.84. The third-order valence-corrected chi connectivity index (χ3v) is 2.61. The molecule has 1 rings (SSSR count). The lowest BCUT2D eigenvalue weighted by Crippen LogP contribution is -2.12. The highest BCUT2D eigenvalue weighted by Crippen LogP contribution is 2.32. The van der Waals surface area contributed by atoms with Crippen LogP contribution >= 0.6 is 12.6 Å². The van der Waals surface area contributed by atoms with Gasteiger partial charge in [-0.1, -0.05) is 43.9 Å². The van der Waals surface area contributed by atoms with E-state index in [4.69, 9.17) is 0 Å². The van der Waals surface area contributed by atoms with Crippen LogP contribution < -0.4 is 0 Å². The Hall–Kier alpha value is -0.690. The second-order valence-electron chi connectivity index (χ2n) is 3.36. The summed E-state index contributed by atoms with van der Waals surface area (Å²) in [4.78, 5) is 0.874. The molecule has 0 saturated carbocycles. The van der Waals surface area contributed by atoms with Gasteiger partial charge >= 0.3 is 0 Å². The summed E-state index contributed by atoms with van der Waals surface area (Å²) >= 11 is 4.30. The van der Waals surface area contributed by atoms with Gasteiger partial charge in [0.15, 0.2) is 0 Å². The monoisotopic (exact) mass is 192 g/mol. The van der Waals surface area contributed by atoms with E-state index in [1.807, 2.05) is 6.92 Å². The van der Waals surface area contributed by atoms with E-state index >= 15 is 0 Å². The zero-order valence-electron chi connectivity index (χ0n) is 8.20. The molecule has 1 heteroatoms. The molecule has 0 aromatic carbocycles. The Labute approximate surface area is 86.1 Å². The highest BCUT2D eigenvalue weighted by atomic mass is 32.1. The third-order valence-electron chi connectivity index (χ3n) is 2.35. The maximum absolute atomic E-state index is 4.30. The van der Waals surface area contributed by atoms with Crippen molar-refractivity contribution >= 4 is 12.6 Å². The first kappa shape index (κ1) is 10.4. The molecule has 0 aromatic heterocycles. The minimum absolute atomic E-state index is 0.444. The molecule has 0 aliphatic heterocycles. The van der Waals surface area contributed by atoms with E-state index in [0.717, 1.165) is 4.91 Å². The van der Waals surface area contributed by atoms with Crippen LogP contribution in [0.5, 0.6) is 0 Å². The average Bonchev–Trinajstić information content (AvgIpc) is 2.08. The van der Waals surface area contributed by atoms with Crippen LogP contribution in [-0.4, -0.2) is 0 Å². The summed E-state index contributed by atoms with van der Waals surface area (Å²) < 4.78 is 0. The van der Waals surface area contributed by atoms with Crippen molar-refractivity contribution in [2.75, 3.05) is 0 Å². The lowest BCUT2D eigenvalue weighted by Gasteiger charge is -2.24. The molecule has 0 bridgehead atoms. The molecule has 0 heterocycles. The SMILES string of the molecule is C=C(S)C1=CC=CC(C)C1/C=C\C. The first-order valence-electron chi connectivity index (χ1n) is 4.56. The van der Waals surface area contributed by atoms with E-state index in [1.165, 1.54) is 5.57 Å². The van der Waals surface area contributed by atoms with Gasteiger partial charge in [0.25, 0.3) is 0 Å². The van der Waals surface area contributed by atoms with Crippen molar-refractivity contribution in [1.29, 1.82) is 0 Å². The van der Waals surface area contributed by atoms with Crippen molar-refractivity contribution in [3.63, 3.8) is 0 Å². The molecular weight excluding hydrogens is 176 g/mol. The second-order valence-corrected chi connectivity index (χ2v) is 3.90. The van der Waals surface area contributed by atoms with Gasteiger partial charge in [-0.05, 0) is 18.4 Å². The van der Waals surface area contributed by atoms with Crippen molar-refractivity contribution in [2.45, 2.75) is 13.8 Å². The smallest absolute Gasteiger partial charge is 0.00889 e. The van der Waals surface area contributed by atoms with E-state index < -0.39 is 0 Å². The van der Waals surface area contributed by atoms with E-state index in [-0.39, 0.29) is 0 Å². The molecule has 70 valence electrons. The minimum Gasteiger partial charge on any atom is -0.144 e. The fourth-order valence-corrected chi connectivity index (χ4v) is 1.85. The van der Waals surface area contributed by atoms with Crippen molar-refractivity contribution in [3.05, 3.63) is 47.4 Å². The largest absolute Gasteiger partial charge is 0.144 e. The Morgan fingerprint density at radius 1 is 1.62 bits per heavy atom. The number of thiol groups is 1. The van der Waals surface area contributed by atoms with Crippen molar-refractivity contribution in [2.24, 2.45) is 11.8 Å².